The lowest BCUT2D eigenvalue weighted by Crippen LogP contribution is -2.14. The van der Waals surface area contributed by atoms with Crippen LogP contribution >= 0.6 is 0 Å². The van der Waals surface area contributed by atoms with Gasteiger partial charge in [-0.15, -0.1) is 5.73 Å². The van der Waals surface area contributed by atoms with Crippen LogP contribution < -0.4 is 5.32 Å². The van der Waals surface area contributed by atoms with Crippen molar-refractivity contribution in [1.29, 1.82) is 0 Å². The predicted octanol–water partition coefficient (Wildman–Crippen LogP) is 0.301. The van der Waals surface area contributed by atoms with Crippen molar-refractivity contribution in [3.05, 3.63) is 17.9 Å². The van der Waals surface area contributed by atoms with Crippen molar-refractivity contribution in [3.63, 3.8) is 0 Å². The summed E-state index contributed by atoms with van der Waals surface area (Å²) in [5, 5.41) is 3.11. The molecule has 0 aliphatic carbocycles. The summed E-state index contributed by atoms with van der Waals surface area (Å²) in [5.41, 5.74) is 2.97. The third kappa shape index (κ3) is 0.713. The van der Waals surface area contributed by atoms with Gasteiger partial charge in [0.25, 0.3) is 0 Å². The minimum Gasteiger partial charge on any atom is -0.309 e. The molecule has 0 aromatic heterocycles. The lowest BCUT2D eigenvalue weighted by atomic mass is 10.4. The Balaban J connectivity index is 2.53. The first kappa shape index (κ1) is 3.66. The van der Waals surface area contributed by atoms with Crippen molar-refractivity contribution in [2.75, 3.05) is 13.1 Å². The average Bonchev–Trinajstić information content (AvgIpc) is 1.72. The van der Waals surface area contributed by atoms with Gasteiger partial charge in [0.2, 0.25) is 0 Å². The van der Waals surface area contributed by atoms with Crippen LogP contribution in [-0.4, -0.2) is 13.1 Å². The Labute approximate surface area is 37.4 Å². The highest BCUT2D eigenvalue weighted by atomic mass is 14.8. The third-order valence-corrected chi connectivity index (χ3v) is 0.729. The van der Waals surface area contributed by atoms with Gasteiger partial charge in [0.1, 0.15) is 0 Å². The summed E-state index contributed by atoms with van der Waals surface area (Å²) < 4.78 is 0. The second-order valence-electron chi connectivity index (χ2n) is 1.23. The van der Waals surface area contributed by atoms with Gasteiger partial charge < -0.3 is 5.32 Å². The minimum atomic E-state index is 0.983. The molecule has 1 aliphatic heterocycles. The second-order valence-corrected chi connectivity index (χ2v) is 1.23. The van der Waals surface area contributed by atoms with Crippen LogP contribution in [0.2, 0.25) is 0 Å². The summed E-state index contributed by atoms with van der Waals surface area (Å²) in [5.74, 6) is 0. The molecule has 0 fully saturated rings. The van der Waals surface area contributed by atoms with Crippen LogP contribution in [0.1, 0.15) is 0 Å². The summed E-state index contributed by atoms with van der Waals surface area (Å²) in [6.07, 6.45) is 3.95. The van der Waals surface area contributed by atoms with Crippen LogP contribution in [-0.2, 0) is 0 Å². The van der Waals surface area contributed by atoms with Gasteiger partial charge in [-0.25, -0.2) is 0 Å². The van der Waals surface area contributed by atoms with E-state index in [1.54, 1.807) is 0 Å². The second kappa shape index (κ2) is 1.81. The van der Waals surface area contributed by atoms with E-state index in [0.29, 0.717) is 0 Å². The molecule has 0 saturated carbocycles. The molecule has 0 aromatic carbocycles. The van der Waals surface area contributed by atoms with E-state index >= 15 is 0 Å². The standard InChI is InChI=1S/C5H7N/c1-2-4-6-5-3-1/h2-3,6H,4-5H2. The zero-order chi connectivity index (χ0) is 4.24. The number of rotatable bonds is 0. The minimum absolute atomic E-state index is 0.983. The zero-order valence-corrected chi connectivity index (χ0v) is 3.57. The normalized spacial score (nSPS) is 18.7. The van der Waals surface area contributed by atoms with Gasteiger partial charge in [-0.05, 0) is 12.2 Å². The molecule has 0 unspecified atom stereocenters. The Bertz CT molecular complexity index is 80.1. The number of nitrogens with one attached hydrogen (secondary N) is 1. The Morgan fingerprint density at radius 2 is 2.00 bits per heavy atom. The molecule has 1 nitrogen and oxygen atoms in total. The molecule has 6 heavy (non-hydrogen) atoms. The fourth-order valence-electron chi connectivity index (χ4n) is 0.429. The Hall–Kier alpha value is -0.520. The van der Waals surface area contributed by atoms with E-state index in [9.17, 15) is 0 Å². The van der Waals surface area contributed by atoms with Crippen molar-refractivity contribution in [3.8, 4) is 0 Å². The molecule has 1 heterocycles. The fourth-order valence-corrected chi connectivity index (χ4v) is 0.429. The van der Waals surface area contributed by atoms with E-state index in [0.717, 1.165) is 13.1 Å². The number of hydrogen-bond acceptors (Lipinski definition) is 1. The summed E-state index contributed by atoms with van der Waals surface area (Å²) in [6.45, 7) is 1.97. The lowest BCUT2D eigenvalue weighted by Gasteiger charge is -1.94. The molecule has 1 N–H and O–H groups in total. The predicted molar refractivity (Wildman–Crippen MR) is 25.5 cm³/mol. The largest absolute Gasteiger partial charge is 0.309 e. The molecule has 0 radical (unpaired) electrons. The first-order valence-corrected chi connectivity index (χ1v) is 2.10. The fraction of sp³-hybridized carbons (Fsp3) is 0.400. The smallest absolute Gasteiger partial charge is 0.0213 e. The van der Waals surface area contributed by atoms with Gasteiger partial charge in [-0.1, -0.05) is 0 Å². The molecule has 0 atom stereocenters. The maximum atomic E-state index is 3.11. The molecule has 0 bridgehead atoms. The highest BCUT2D eigenvalue weighted by Crippen LogP contribution is 1.72. The maximum Gasteiger partial charge on any atom is 0.0213 e. The van der Waals surface area contributed by atoms with Crippen molar-refractivity contribution in [2.24, 2.45) is 0 Å². The molecular weight excluding hydrogens is 74.1 g/mol. The summed E-state index contributed by atoms with van der Waals surface area (Å²) in [6, 6.07) is 0. The SMILES string of the molecule is C1=CCNCC=1. The van der Waals surface area contributed by atoms with E-state index in [4.69, 9.17) is 0 Å². The van der Waals surface area contributed by atoms with E-state index in [2.05, 4.69) is 11.0 Å². The van der Waals surface area contributed by atoms with Crippen molar-refractivity contribution >= 4 is 0 Å². The van der Waals surface area contributed by atoms with Crippen LogP contribution in [0.4, 0.5) is 0 Å². The number of hydrogen-bond donors (Lipinski definition) is 1. The van der Waals surface area contributed by atoms with Gasteiger partial charge in [0, 0.05) is 13.1 Å². The summed E-state index contributed by atoms with van der Waals surface area (Å²) in [4.78, 5) is 0. The van der Waals surface area contributed by atoms with Gasteiger partial charge in [0.15, 0.2) is 0 Å². The van der Waals surface area contributed by atoms with Gasteiger partial charge in [-0.3, -0.25) is 0 Å². The molecular formula is C5H7N. The van der Waals surface area contributed by atoms with Crippen LogP contribution in [0, 0.1) is 0 Å². The highest BCUT2D eigenvalue weighted by Gasteiger charge is 1.77. The average molecular weight is 81.1 g/mol. The van der Waals surface area contributed by atoms with E-state index in [-0.39, 0.29) is 0 Å². The van der Waals surface area contributed by atoms with Crippen LogP contribution in [0.25, 0.3) is 0 Å². The molecule has 32 valence electrons. The van der Waals surface area contributed by atoms with E-state index in [1.165, 1.54) is 0 Å². The Kier molecular flexibility index (Phi) is 1.10. The van der Waals surface area contributed by atoms with Gasteiger partial charge in [-0.2, -0.15) is 0 Å². The first-order valence-electron chi connectivity index (χ1n) is 2.10. The molecule has 1 rings (SSSR count). The third-order valence-electron chi connectivity index (χ3n) is 0.729. The Morgan fingerprint density at radius 3 is 2.17 bits per heavy atom. The van der Waals surface area contributed by atoms with Crippen LogP contribution in [0.3, 0.4) is 0 Å². The molecule has 1 aliphatic rings. The lowest BCUT2D eigenvalue weighted by molar-refractivity contribution is 0.831. The van der Waals surface area contributed by atoms with Crippen molar-refractivity contribution in [2.45, 2.75) is 0 Å². The summed E-state index contributed by atoms with van der Waals surface area (Å²) in [7, 11) is 0. The van der Waals surface area contributed by atoms with Gasteiger partial charge >= 0.3 is 0 Å². The van der Waals surface area contributed by atoms with E-state index < -0.39 is 0 Å². The van der Waals surface area contributed by atoms with Crippen LogP contribution in [0.5, 0.6) is 0 Å². The van der Waals surface area contributed by atoms with E-state index in [1.807, 2.05) is 12.2 Å². The Morgan fingerprint density at radius 1 is 1.33 bits per heavy atom. The van der Waals surface area contributed by atoms with Gasteiger partial charge in [0.05, 0.1) is 0 Å². The monoisotopic (exact) mass is 81.1 g/mol. The zero-order valence-electron chi connectivity index (χ0n) is 3.57. The highest BCUT2D eigenvalue weighted by molar-refractivity contribution is 4.92. The quantitative estimate of drug-likeness (QED) is 0.413. The first-order chi connectivity index (χ1) is 3.00. The topological polar surface area (TPSA) is 12.0 Å². The molecule has 0 saturated heterocycles. The molecule has 0 aromatic rings. The molecule has 0 spiro atoms. The maximum absolute atomic E-state index is 3.11. The van der Waals surface area contributed by atoms with Crippen LogP contribution in [0.15, 0.2) is 17.9 Å². The van der Waals surface area contributed by atoms with Crippen molar-refractivity contribution in [1.82, 2.24) is 5.32 Å². The molecule has 0 amide bonds. The summed E-state index contributed by atoms with van der Waals surface area (Å²) >= 11 is 0. The van der Waals surface area contributed by atoms with Crippen molar-refractivity contribution < 1.29 is 0 Å². The molecule has 1 heteroatoms.